The van der Waals surface area contributed by atoms with E-state index < -0.39 is 0 Å². The Morgan fingerprint density at radius 3 is 3.11 bits per heavy atom. The van der Waals surface area contributed by atoms with Crippen LogP contribution < -0.4 is 0 Å². The van der Waals surface area contributed by atoms with E-state index in [1.165, 1.54) is 6.20 Å². The Balaban J connectivity index is 2.77. The van der Waals surface area contributed by atoms with Gasteiger partial charge in [-0.05, 0) is 6.26 Å². The molecule has 0 N–H and O–H groups in total. The summed E-state index contributed by atoms with van der Waals surface area (Å²) in [4.78, 5) is 10.7. The van der Waals surface area contributed by atoms with Crippen LogP contribution in [0, 0.1) is 0 Å². The summed E-state index contributed by atoms with van der Waals surface area (Å²) in [6.45, 7) is 0. The van der Waals surface area contributed by atoms with Gasteiger partial charge in [-0.2, -0.15) is 0 Å². The zero-order valence-electron chi connectivity index (χ0n) is 4.83. The molecular formula is C5H5NO2S. The number of carbonyl (C=O) groups excluding carboxylic acids is 1. The van der Waals surface area contributed by atoms with Crippen molar-refractivity contribution in [1.82, 2.24) is 5.16 Å². The van der Waals surface area contributed by atoms with Gasteiger partial charge in [0.25, 0.3) is 5.12 Å². The Hall–Kier alpha value is -0.770. The monoisotopic (exact) mass is 143 g/mol. The van der Waals surface area contributed by atoms with Crippen molar-refractivity contribution >= 4 is 16.9 Å². The van der Waals surface area contributed by atoms with E-state index in [0.29, 0.717) is 5.76 Å². The average molecular weight is 143 g/mol. The Labute approximate surface area is 56.4 Å². The van der Waals surface area contributed by atoms with Gasteiger partial charge in [-0.15, -0.1) is 0 Å². The van der Waals surface area contributed by atoms with Crippen molar-refractivity contribution < 1.29 is 9.32 Å². The van der Waals surface area contributed by atoms with E-state index in [0.717, 1.165) is 11.8 Å². The van der Waals surface area contributed by atoms with Crippen molar-refractivity contribution in [2.75, 3.05) is 6.26 Å². The molecular weight excluding hydrogens is 138 g/mol. The first-order chi connectivity index (χ1) is 4.34. The lowest BCUT2D eigenvalue weighted by atomic mass is 10.5. The van der Waals surface area contributed by atoms with Gasteiger partial charge in [0.05, 0.1) is 6.20 Å². The van der Waals surface area contributed by atoms with Crippen molar-refractivity contribution in [3.8, 4) is 0 Å². The van der Waals surface area contributed by atoms with E-state index in [9.17, 15) is 4.79 Å². The molecule has 0 saturated heterocycles. The molecule has 0 spiro atoms. The van der Waals surface area contributed by atoms with E-state index in [-0.39, 0.29) is 5.12 Å². The standard InChI is InChI=1S/C5H5NO2S/c1-9-5(7)4-2-3-6-8-4/h2-3H,1H3. The Bertz CT molecular complexity index is 195. The third-order valence-electron chi connectivity index (χ3n) is 0.824. The van der Waals surface area contributed by atoms with Gasteiger partial charge in [0, 0.05) is 6.07 Å². The molecule has 0 aliphatic rings. The summed E-state index contributed by atoms with van der Waals surface area (Å²) < 4.78 is 4.57. The van der Waals surface area contributed by atoms with E-state index in [4.69, 9.17) is 0 Å². The van der Waals surface area contributed by atoms with Crippen molar-refractivity contribution in [1.29, 1.82) is 0 Å². The summed E-state index contributed by atoms with van der Waals surface area (Å²) >= 11 is 1.11. The van der Waals surface area contributed by atoms with Crippen LogP contribution in [0.15, 0.2) is 16.8 Å². The number of hydrogen-bond donors (Lipinski definition) is 0. The second-order valence-electron chi connectivity index (χ2n) is 1.37. The molecule has 0 radical (unpaired) electrons. The van der Waals surface area contributed by atoms with Gasteiger partial charge in [-0.1, -0.05) is 16.9 Å². The highest BCUT2D eigenvalue weighted by Gasteiger charge is 2.05. The van der Waals surface area contributed by atoms with Crippen molar-refractivity contribution in [3.63, 3.8) is 0 Å². The van der Waals surface area contributed by atoms with Gasteiger partial charge in [0.2, 0.25) is 5.76 Å². The maximum Gasteiger partial charge on any atom is 0.257 e. The molecule has 1 aromatic heterocycles. The van der Waals surface area contributed by atoms with Gasteiger partial charge in [-0.3, -0.25) is 4.79 Å². The third kappa shape index (κ3) is 1.32. The highest BCUT2D eigenvalue weighted by Crippen LogP contribution is 2.06. The number of carbonyl (C=O) groups is 1. The Kier molecular flexibility index (Phi) is 1.89. The SMILES string of the molecule is CSC(=O)c1ccno1. The van der Waals surface area contributed by atoms with Gasteiger partial charge >= 0.3 is 0 Å². The first-order valence-corrected chi connectivity index (χ1v) is 3.56. The summed E-state index contributed by atoms with van der Waals surface area (Å²) in [6, 6.07) is 1.54. The average Bonchev–Trinajstić information content (AvgIpc) is 2.37. The maximum atomic E-state index is 10.7. The van der Waals surface area contributed by atoms with Crippen LogP contribution in [0.1, 0.15) is 10.6 Å². The molecule has 0 amide bonds. The molecule has 0 unspecified atom stereocenters. The second-order valence-corrected chi connectivity index (χ2v) is 2.15. The van der Waals surface area contributed by atoms with Crippen LogP contribution in [0.4, 0.5) is 0 Å². The molecule has 3 nitrogen and oxygen atoms in total. The fourth-order valence-electron chi connectivity index (χ4n) is 0.422. The zero-order valence-corrected chi connectivity index (χ0v) is 5.64. The van der Waals surface area contributed by atoms with Gasteiger partial charge in [0.1, 0.15) is 0 Å². The van der Waals surface area contributed by atoms with Crippen LogP contribution in [-0.2, 0) is 0 Å². The lowest BCUT2D eigenvalue weighted by Gasteiger charge is -1.83. The van der Waals surface area contributed by atoms with Gasteiger partial charge in [0.15, 0.2) is 0 Å². The summed E-state index contributed by atoms with van der Waals surface area (Å²) in [7, 11) is 0. The summed E-state index contributed by atoms with van der Waals surface area (Å²) in [5, 5.41) is 3.29. The minimum atomic E-state index is -0.0903. The van der Waals surface area contributed by atoms with E-state index in [1.54, 1.807) is 12.3 Å². The van der Waals surface area contributed by atoms with E-state index in [1.807, 2.05) is 0 Å². The number of thioether (sulfide) groups is 1. The quantitative estimate of drug-likeness (QED) is 0.592. The molecule has 0 atom stereocenters. The number of nitrogens with zero attached hydrogens (tertiary/aromatic N) is 1. The van der Waals surface area contributed by atoms with Crippen LogP contribution in [0.3, 0.4) is 0 Å². The zero-order chi connectivity index (χ0) is 6.69. The van der Waals surface area contributed by atoms with E-state index in [2.05, 4.69) is 9.68 Å². The molecule has 48 valence electrons. The molecule has 0 bridgehead atoms. The number of rotatable bonds is 1. The first kappa shape index (κ1) is 6.35. The lowest BCUT2D eigenvalue weighted by molar-refractivity contribution is 0.105. The highest BCUT2D eigenvalue weighted by atomic mass is 32.2. The molecule has 9 heavy (non-hydrogen) atoms. The topological polar surface area (TPSA) is 43.1 Å². The van der Waals surface area contributed by atoms with Crippen LogP contribution in [0.2, 0.25) is 0 Å². The Morgan fingerprint density at radius 1 is 1.89 bits per heavy atom. The summed E-state index contributed by atoms with van der Waals surface area (Å²) in [5.74, 6) is 0.308. The summed E-state index contributed by atoms with van der Waals surface area (Å²) in [5.41, 5.74) is 0. The van der Waals surface area contributed by atoms with Crippen molar-refractivity contribution in [2.24, 2.45) is 0 Å². The molecule has 0 aromatic carbocycles. The molecule has 0 aliphatic heterocycles. The lowest BCUT2D eigenvalue weighted by Crippen LogP contribution is -1.86. The van der Waals surface area contributed by atoms with Crippen molar-refractivity contribution in [2.45, 2.75) is 0 Å². The molecule has 0 aliphatic carbocycles. The van der Waals surface area contributed by atoms with Crippen molar-refractivity contribution in [3.05, 3.63) is 18.0 Å². The minimum Gasteiger partial charge on any atom is -0.352 e. The highest BCUT2D eigenvalue weighted by molar-refractivity contribution is 8.13. The van der Waals surface area contributed by atoms with Gasteiger partial charge in [-0.25, -0.2) is 0 Å². The molecule has 1 heterocycles. The molecule has 4 heteroatoms. The molecule has 0 fully saturated rings. The predicted molar refractivity (Wildman–Crippen MR) is 34.3 cm³/mol. The molecule has 1 aromatic rings. The smallest absolute Gasteiger partial charge is 0.257 e. The largest absolute Gasteiger partial charge is 0.352 e. The van der Waals surface area contributed by atoms with Crippen LogP contribution in [0.5, 0.6) is 0 Å². The third-order valence-corrected chi connectivity index (χ3v) is 1.40. The number of hydrogen-bond acceptors (Lipinski definition) is 4. The minimum absolute atomic E-state index is 0.0903. The van der Waals surface area contributed by atoms with Gasteiger partial charge < -0.3 is 4.52 Å². The van der Waals surface area contributed by atoms with Crippen LogP contribution in [0.25, 0.3) is 0 Å². The molecule has 0 saturated carbocycles. The predicted octanol–water partition coefficient (Wildman–Crippen LogP) is 1.18. The van der Waals surface area contributed by atoms with Crippen LogP contribution in [-0.4, -0.2) is 16.5 Å². The fourth-order valence-corrected chi connectivity index (χ4v) is 0.728. The normalized spacial score (nSPS) is 9.44. The number of aromatic nitrogens is 1. The molecule has 1 rings (SSSR count). The van der Waals surface area contributed by atoms with E-state index >= 15 is 0 Å². The van der Waals surface area contributed by atoms with Crippen LogP contribution >= 0.6 is 11.8 Å². The fraction of sp³-hybridized carbons (Fsp3) is 0.200. The Morgan fingerprint density at radius 2 is 2.67 bits per heavy atom. The first-order valence-electron chi connectivity index (χ1n) is 2.33. The second kappa shape index (κ2) is 2.68. The summed E-state index contributed by atoms with van der Waals surface area (Å²) in [6.07, 6.45) is 3.15. The maximum absolute atomic E-state index is 10.7.